The van der Waals surface area contributed by atoms with Crippen LogP contribution >= 0.6 is 23.7 Å². The van der Waals surface area contributed by atoms with E-state index in [-0.39, 0.29) is 12.4 Å². The third kappa shape index (κ3) is 3.86. The lowest BCUT2D eigenvalue weighted by Crippen LogP contribution is -2.19. The molecule has 1 rings (SSSR count). The molecule has 14 heavy (non-hydrogen) atoms. The van der Waals surface area contributed by atoms with Crippen LogP contribution in [-0.4, -0.2) is 6.18 Å². The summed E-state index contributed by atoms with van der Waals surface area (Å²) < 4.78 is 35.9. The molecule has 0 bridgehead atoms. The van der Waals surface area contributed by atoms with Gasteiger partial charge >= 0.3 is 6.18 Å². The summed E-state index contributed by atoms with van der Waals surface area (Å²) in [5.41, 5.74) is 6.25. The summed E-state index contributed by atoms with van der Waals surface area (Å²) in [5.74, 6) is 0. The molecule has 0 unspecified atom stereocenters. The van der Waals surface area contributed by atoms with E-state index in [2.05, 4.69) is 0 Å². The Hall–Kier alpha value is -0.260. The van der Waals surface area contributed by atoms with E-state index in [1.165, 1.54) is 11.3 Å². The zero-order valence-corrected chi connectivity index (χ0v) is 9.10. The first-order valence-electron chi connectivity index (χ1n) is 3.76. The molecule has 0 amide bonds. The lowest BCUT2D eigenvalue weighted by atomic mass is 10.1. The van der Waals surface area contributed by atoms with Crippen LogP contribution in [0.3, 0.4) is 0 Å². The van der Waals surface area contributed by atoms with Gasteiger partial charge < -0.3 is 5.73 Å². The van der Waals surface area contributed by atoms with E-state index in [0.717, 1.165) is 5.56 Å². The standard InChI is InChI=1S/C8H10F3NS.ClH/c1-5-2-3-13-7(5)6(12)4-8(9,10)11;/h2-3,6H,4,12H2,1H3;1H/t6-;/m0./s1. The first kappa shape index (κ1) is 13.7. The van der Waals surface area contributed by atoms with E-state index in [4.69, 9.17) is 5.73 Å². The van der Waals surface area contributed by atoms with Crippen LogP contribution in [0.4, 0.5) is 13.2 Å². The number of hydrogen-bond donors (Lipinski definition) is 1. The first-order valence-corrected chi connectivity index (χ1v) is 4.64. The molecular formula is C8H11ClF3NS. The molecule has 1 heterocycles. The van der Waals surface area contributed by atoms with Gasteiger partial charge in [0.1, 0.15) is 0 Å². The molecule has 0 fully saturated rings. The molecular weight excluding hydrogens is 235 g/mol. The van der Waals surface area contributed by atoms with Crippen molar-refractivity contribution in [2.45, 2.75) is 25.6 Å². The van der Waals surface area contributed by atoms with Crippen LogP contribution < -0.4 is 5.73 Å². The molecule has 1 nitrogen and oxygen atoms in total. The van der Waals surface area contributed by atoms with Crippen molar-refractivity contribution >= 4 is 23.7 Å². The number of thiophene rings is 1. The minimum absolute atomic E-state index is 0. The van der Waals surface area contributed by atoms with Crippen molar-refractivity contribution in [2.75, 3.05) is 0 Å². The Labute approximate surface area is 90.5 Å². The molecule has 0 aliphatic carbocycles. The average Bonchev–Trinajstić information content (AvgIpc) is 2.30. The second-order valence-electron chi connectivity index (χ2n) is 2.89. The lowest BCUT2D eigenvalue weighted by Gasteiger charge is -2.13. The van der Waals surface area contributed by atoms with Crippen LogP contribution in [0.2, 0.25) is 0 Å². The topological polar surface area (TPSA) is 26.0 Å². The van der Waals surface area contributed by atoms with Gasteiger partial charge in [0, 0.05) is 10.9 Å². The van der Waals surface area contributed by atoms with Crippen molar-refractivity contribution in [1.82, 2.24) is 0 Å². The molecule has 1 aromatic rings. The van der Waals surface area contributed by atoms with E-state index in [9.17, 15) is 13.2 Å². The van der Waals surface area contributed by atoms with Gasteiger partial charge in [-0.25, -0.2) is 0 Å². The Kier molecular flexibility index (Phi) is 4.91. The second-order valence-corrected chi connectivity index (χ2v) is 3.84. The van der Waals surface area contributed by atoms with Gasteiger partial charge in [-0.1, -0.05) is 0 Å². The Bertz CT molecular complexity index is 284. The SMILES string of the molecule is Cc1ccsc1[C@@H](N)CC(F)(F)F.Cl. The molecule has 2 N–H and O–H groups in total. The number of hydrogen-bond acceptors (Lipinski definition) is 2. The molecule has 0 saturated heterocycles. The van der Waals surface area contributed by atoms with Crippen molar-refractivity contribution in [2.24, 2.45) is 5.73 Å². The van der Waals surface area contributed by atoms with Crippen LogP contribution in [0.25, 0.3) is 0 Å². The van der Waals surface area contributed by atoms with Crippen molar-refractivity contribution in [3.8, 4) is 0 Å². The van der Waals surface area contributed by atoms with E-state index in [1.807, 2.05) is 0 Å². The molecule has 0 saturated carbocycles. The number of halogens is 4. The van der Waals surface area contributed by atoms with Gasteiger partial charge in [0.25, 0.3) is 0 Å². The maximum absolute atomic E-state index is 12.0. The Morgan fingerprint density at radius 1 is 1.50 bits per heavy atom. The monoisotopic (exact) mass is 245 g/mol. The van der Waals surface area contributed by atoms with Crippen LogP contribution in [0.15, 0.2) is 11.4 Å². The Morgan fingerprint density at radius 3 is 2.43 bits per heavy atom. The fourth-order valence-electron chi connectivity index (χ4n) is 1.11. The quantitative estimate of drug-likeness (QED) is 0.849. The third-order valence-electron chi connectivity index (χ3n) is 1.69. The molecule has 0 spiro atoms. The Morgan fingerprint density at radius 2 is 2.07 bits per heavy atom. The fourth-order valence-corrected chi connectivity index (χ4v) is 2.04. The van der Waals surface area contributed by atoms with E-state index in [1.54, 1.807) is 18.4 Å². The molecule has 1 aromatic heterocycles. The smallest absolute Gasteiger partial charge is 0.323 e. The molecule has 82 valence electrons. The van der Waals surface area contributed by atoms with E-state index < -0.39 is 18.6 Å². The summed E-state index contributed by atoms with van der Waals surface area (Å²) >= 11 is 1.27. The van der Waals surface area contributed by atoms with Crippen molar-refractivity contribution in [3.63, 3.8) is 0 Å². The van der Waals surface area contributed by atoms with Crippen molar-refractivity contribution < 1.29 is 13.2 Å². The van der Waals surface area contributed by atoms with Gasteiger partial charge in [-0.3, -0.25) is 0 Å². The zero-order valence-electron chi connectivity index (χ0n) is 7.47. The van der Waals surface area contributed by atoms with Gasteiger partial charge in [0.05, 0.1) is 6.42 Å². The molecule has 0 aliphatic heterocycles. The minimum atomic E-state index is -4.18. The lowest BCUT2D eigenvalue weighted by molar-refractivity contribution is -0.138. The molecule has 1 atom stereocenters. The Balaban J connectivity index is 0.00000169. The van der Waals surface area contributed by atoms with Crippen LogP contribution in [0, 0.1) is 6.92 Å². The fraction of sp³-hybridized carbons (Fsp3) is 0.500. The summed E-state index contributed by atoms with van der Waals surface area (Å²) in [6, 6.07) is 0.857. The number of nitrogens with two attached hydrogens (primary N) is 1. The number of rotatable bonds is 2. The summed E-state index contributed by atoms with van der Waals surface area (Å²) in [6.45, 7) is 1.77. The highest BCUT2D eigenvalue weighted by Gasteiger charge is 2.31. The van der Waals surface area contributed by atoms with E-state index in [0.29, 0.717) is 4.88 Å². The highest BCUT2D eigenvalue weighted by Crippen LogP contribution is 2.31. The minimum Gasteiger partial charge on any atom is -0.323 e. The van der Waals surface area contributed by atoms with E-state index >= 15 is 0 Å². The number of alkyl halides is 3. The third-order valence-corrected chi connectivity index (χ3v) is 2.84. The van der Waals surface area contributed by atoms with Crippen molar-refractivity contribution in [3.05, 3.63) is 21.9 Å². The van der Waals surface area contributed by atoms with Crippen LogP contribution in [0.1, 0.15) is 22.9 Å². The van der Waals surface area contributed by atoms with Crippen LogP contribution in [-0.2, 0) is 0 Å². The summed E-state index contributed by atoms with van der Waals surface area (Å²) in [5, 5.41) is 1.75. The predicted octanol–water partition coefficient (Wildman–Crippen LogP) is 3.43. The summed E-state index contributed by atoms with van der Waals surface area (Å²) in [4.78, 5) is 0.623. The van der Waals surface area contributed by atoms with Gasteiger partial charge in [0.2, 0.25) is 0 Å². The van der Waals surface area contributed by atoms with Gasteiger partial charge in [0.15, 0.2) is 0 Å². The normalized spacial score (nSPS) is 13.5. The summed E-state index contributed by atoms with van der Waals surface area (Å²) in [6.07, 6.45) is -5.13. The first-order chi connectivity index (χ1) is 5.90. The van der Waals surface area contributed by atoms with Crippen molar-refractivity contribution in [1.29, 1.82) is 0 Å². The van der Waals surface area contributed by atoms with Gasteiger partial charge in [-0.15, -0.1) is 23.7 Å². The summed E-state index contributed by atoms with van der Waals surface area (Å²) in [7, 11) is 0. The molecule has 0 aliphatic rings. The average molecular weight is 246 g/mol. The van der Waals surface area contributed by atoms with Gasteiger partial charge in [-0.2, -0.15) is 13.2 Å². The number of aryl methyl sites for hydroxylation is 1. The maximum Gasteiger partial charge on any atom is 0.390 e. The predicted molar refractivity (Wildman–Crippen MR) is 53.9 cm³/mol. The molecule has 6 heteroatoms. The molecule has 0 aromatic carbocycles. The molecule has 0 radical (unpaired) electrons. The highest BCUT2D eigenvalue weighted by atomic mass is 35.5. The largest absolute Gasteiger partial charge is 0.390 e. The maximum atomic E-state index is 12.0. The van der Waals surface area contributed by atoms with Crippen LogP contribution in [0.5, 0.6) is 0 Å². The zero-order chi connectivity index (χ0) is 10.1. The van der Waals surface area contributed by atoms with Gasteiger partial charge in [-0.05, 0) is 23.9 Å². The highest BCUT2D eigenvalue weighted by molar-refractivity contribution is 7.10. The second kappa shape index (κ2) is 5.00.